The lowest BCUT2D eigenvalue weighted by Crippen LogP contribution is -2.49. The summed E-state index contributed by atoms with van der Waals surface area (Å²) in [5, 5.41) is 5.11. The number of benzene rings is 2. The van der Waals surface area contributed by atoms with Crippen molar-refractivity contribution in [3.8, 4) is 0 Å². The van der Waals surface area contributed by atoms with Crippen LogP contribution in [0.5, 0.6) is 0 Å². The molecule has 0 aromatic heterocycles. The minimum Gasteiger partial charge on any atom is -0.370 e. The summed E-state index contributed by atoms with van der Waals surface area (Å²) in [5.74, 6) is -3.92. The molecule has 6 N–H and O–H groups in total. The van der Waals surface area contributed by atoms with E-state index in [4.69, 9.17) is 11.5 Å². The smallest absolute Gasteiger partial charge is 0.251 e. The summed E-state index contributed by atoms with van der Waals surface area (Å²) in [6.45, 7) is 1.51. The monoisotopic (exact) mass is 452 g/mol. The van der Waals surface area contributed by atoms with E-state index in [9.17, 15) is 24.0 Å². The molecule has 9 heteroatoms. The number of nitrogens with one attached hydrogen (secondary N) is 2. The summed E-state index contributed by atoms with van der Waals surface area (Å²) in [6, 6.07) is 15.5. The lowest BCUT2D eigenvalue weighted by molar-refractivity contribution is -0.133. The maximum absolute atomic E-state index is 13.1. The fraction of sp³-hybridized carbons (Fsp3) is 0.292. The van der Waals surface area contributed by atoms with Gasteiger partial charge < -0.3 is 22.1 Å². The third kappa shape index (κ3) is 8.21. The number of rotatable bonds is 12. The third-order valence-corrected chi connectivity index (χ3v) is 5.03. The van der Waals surface area contributed by atoms with E-state index in [1.807, 2.05) is 30.3 Å². The normalized spacial score (nSPS) is 13.2. The molecule has 0 bridgehead atoms. The molecule has 0 aliphatic heterocycles. The standard InChI is InChI=1S/C24H28N4O5/c1-15(23(32)28-19(22(26)31)14-21(25)30)12-20(29)18(13-16-8-4-2-5-9-16)27-24(33)17-10-6-3-7-11-17/h2-11,15,18-19H,12-14H2,1H3,(H2,25,30)(H2,26,31)(H,27,33)(H,28,32)/t15?,18-,19-/m0/s1. The highest BCUT2D eigenvalue weighted by Crippen LogP contribution is 2.12. The van der Waals surface area contributed by atoms with Crippen molar-refractivity contribution in [3.63, 3.8) is 0 Å². The van der Waals surface area contributed by atoms with Crippen molar-refractivity contribution in [2.75, 3.05) is 0 Å². The van der Waals surface area contributed by atoms with Crippen LogP contribution in [0.4, 0.5) is 0 Å². The summed E-state index contributed by atoms with van der Waals surface area (Å²) in [4.78, 5) is 60.8. The number of ketones is 1. The SMILES string of the molecule is CC(CC(=O)[C@H](Cc1ccccc1)NC(=O)c1ccccc1)C(=O)N[C@@H](CC(N)=O)C(N)=O. The van der Waals surface area contributed by atoms with Crippen LogP contribution >= 0.6 is 0 Å². The number of hydrogen-bond acceptors (Lipinski definition) is 5. The minimum absolute atomic E-state index is 0.194. The van der Waals surface area contributed by atoms with E-state index in [1.54, 1.807) is 30.3 Å². The number of carbonyl (C=O) groups is 5. The second-order valence-electron chi connectivity index (χ2n) is 7.79. The highest BCUT2D eigenvalue weighted by atomic mass is 16.2. The van der Waals surface area contributed by atoms with Crippen LogP contribution in [-0.2, 0) is 25.6 Å². The molecule has 0 fully saturated rings. The van der Waals surface area contributed by atoms with Crippen LogP contribution in [0.15, 0.2) is 60.7 Å². The molecule has 3 atom stereocenters. The Bertz CT molecular complexity index is 994. The first-order chi connectivity index (χ1) is 15.7. The average Bonchev–Trinajstić information content (AvgIpc) is 2.78. The first-order valence-electron chi connectivity index (χ1n) is 10.5. The Kier molecular flexibility index (Phi) is 9.29. The number of carbonyl (C=O) groups excluding carboxylic acids is 5. The molecule has 0 saturated carbocycles. The fourth-order valence-corrected chi connectivity index (χ4v) is 3.20. The highest BCUT2D eigenvalue weighted by Gasteiger charge is 2.28. The fourth-order valence-electron chi connectivity index (χ4n) is 3.20. The van der Waals surface area contributed by atoms with E-state index >= 15 is 0 Å². The molecule has 2 aromatic rings. The van der Waals surface area contributed by atoms with Crippen LogP contribution in [-0.4, -0.2) is 41.5 Å². The highest BCUT2D eigenvalue weighted by molar-refractivity contribution is 5.99. The van der Waals surface area contributed by atoms with Crippen LogP contribution in [0.25, 0.3) is 0 Å². The number of primary amides is 2. The van der Waals surface area contributed by atoms with Gasteiger partial charge in [0.25, 0.3) is 5.91 Å². The lowest BCUT2D eigenvalue weighted by Gasteiger charge is -2.21. The Morgan fingerprint density at radius 1 is 0.788 bits per heavy atom. The Labute approximate surface area is 191 Å². The van der Waals surface area contributed by atoms with Gasteiger partial charge in [-0.05, 0) is 24.1 Å². The maximum atomic E-state index is 13.1. The first kappa shape index (κ1) is 25.3. The Morgan fingerprint density at radius 2 is 1.36 bits per heavy atom. The summed E-state index contributed by atoms with van der Waals surface area (Å²) < 4.78 is 0. The molecule has 4 amide bonds. The first-order valence-corrected chi connectivity index (χ1v) is 10.5. The van der Waals surface area contributed by atoms with Gasteiger partial charge in [-0.2, -0.15) is 0 Å². The predicted octanol–water partition coefficient (Wildman–Crippen LogP) is 0.469. The lowest BCUT2D eigenvalue weighted by atomic mass is 9.94. The van der Waals surface area contributed by atoms with Gasteiger partial charge in [0.1, 0.15) is 6.04 Å². The second kappa shape index (κ2) is 12.1. The van der Waals surface area contributed by atoms with Gasteiger partial charge in [-0.3, -0.25) is 24.0 Å². The Morgan fingerprint density at radius 3 is 1.91 bits per heavy atom. The van der Waals surface area contributed by atoms with E-state index in [1.165, 1.54) is 6.92 Å². The predicted molar refractivity (Wildman–Crippen MR) is 122 cm³/mol. The summed E-state index contributed by atoms with van der Waals surface area (Å²) in [6.07, 6.45) is -0.385. The van der Waals surface area contributed by atoms with E-state index in [-0.39, 0.29) is 18.6 Å². The van der Waals surface area contributed by atoms with Gasteiger partial charge in [0.05, 0.1) is 12.5 Å². The van der Waals surface area contributed by atoms with E-state index in [0.717, 1.165) is 5.56 Å². The topological polar surface area (TPSA) is 161 Å². The molecule has 0 spiro atoms. The molecule has 9 nitrogen and oxygen atoms in total. The van der Waals surface area contributed by atoms with Crippen LogP contribution in [0.3, 0.4) is 0 Å². The molecular weight excluding hydrogens is 424 g/mol. The van der Waals surface area contributed by atoms with Crippen molar-refractivity contribution < 1.29 is 24.0 Å². The van der Waals surface area contributed by atoms with Crippen molar-refractivity contribution in [1.29, 1.82) is 0 Å². The van der Waals surface area contributed by atoms with Crippen molar-refractivity contribution in [1.82, 2.24) is 10.6 Å². The van der Waals surface area contributed by atoms with Crippen molar-refractivity contribution in [2.45, 2.75) is 38.3 Å². The molecule has 0 heterocycles. The van der Waals surface area contributed by atoms with E-state index < -0.39 is 48.1 Å². The number of Topliss-reactive ketones (excluding diaryl/α,β-unsaturated/α-hetero) is 1. The number of hydrogen-bond donors (Lipinski definition) is 4. The molecule has 0 radical (unpaired) electrons. The molecular formula is C24H28N4O5. The summed E-state index contributed by atoms with van der Waals surface area (Å²) in [5.41, 5.74) is 11.5. The second-order valence-corrected chi connectivity index (χ2v) is 7.79. The Hall–Kier alpha value is -4.01. The number of amides is 4. The van der Waals surface area contributed by atoms with Crippen LogP contribution < -0.4 is 22.1 Å². The molecule has 0 aliphatic carbocycles. The quantitative estimate of drug-likeness (QED) is 0.367. The summed E-state index contributed by atoms with van der Waals surface area (Å²) in [7, 11) is 0. The molecule has 2 aromatic carbocycles. The van der Waals surface area contributed by atoms with Crippen molar-refractivity contribution in [3.05, 3.63) is 71.8 Å². The molecule has 0 aliphatic rings. The van der Waals surface area contributed by atoms with Gasteiger partial charge in [-0.1, -0.05) is 55.5 Å². The summed E-state index contributed by atoms with van der Waals surface area (Å²) >= 11 is 0. The zero-order valence-electron chi connectivity index (χ0n) is 18.3. The van der Waals surface area contributed by atoms with Crippen molar-refractivity contribution in [2.24, 2.45) is 17.4 Å². The van der Waals surface area contributed by atoms with E-state index in [2.05, 4.69) is 10.6 Å². The molecule has 0 saturated heterocycles. The minimum atomic E-state index is -1.26. The van der Waals surface area contributed by atoms with Crippen LogP contribution in [0.1, 0.15) is 35.7 Å². The van der Waals surface area contributed by atoms with Gasteiger partial charge in [0.15, 0.2) is 5.78 Å². The molecule has 2 rings (SSSR count). The van der Waals surface area contributed by atoms with Crippen LogP contribution in [0.2, 0.25) is 0 Å². The van der Waals surface area contributed by atoms with Crippen LogP contribution in [0, 0.1) is 5.92 Å². The molecule has 174 valence electrons. The van der Waals surface area contributed by atoms with Gasteiger partial charge in [0.2, 0.25) is 17.7 Å². The largest absolute Gasteiger partial charge is 0.370 e. The Balaban J connectivity index is 2.10. The third-order valence-electron chi connectivity index (χ3n) is 5.03. The maximum Gasteiger partial charge on any atom is 0.251 e. The van der Waals surface area contributed by atoms with Crippen molar-refractivity contribution >= 4 is 29.4 Å². The van der Waals surface area contributed by atoms with Gasteiger partial charge in [-0.25, -0.2) is 0 Å². The zero-order valence-corrected chi connectivity index (χ0v) is 18.3. The molecule has 33 heavy (non-hydrogen) atoms. The average molecular weight is 453 g/mol. The van der Waals surface area contributed by atoms with Gasteiger partial charge in [-0.15, -0.1) is 0 Å². The van der Waals surface area contributed by atoms with E-state index in [0.29, 0.717) is 5.56 Å². The molecule has 1 unspecified atom stereocenters. The van der Waals surface area contributed by atoms with Gasteiger partial charge >= 0.3 is 0 Å². The van der Waals surface area contributed by atoms with Gasteiger partial charge in [0, 0.05) is 17.9 Å². The zero-order chi connectivity index (χ0) is 24.4. The number of nitrogens with two attached hydrogens (primary N) is 2.